The van der Waals surface area contributed by atoms with E-state index in [2.05, 4.69) is 11.4 Å². The van der Waals surface area contributed by atoms with Gasteiger partial charge in [0, 0.05) is 25.9 Å². The van der Waals surface area contributed by atoms with Gasteiger partial charge in [0.2, 0.25) is 0 Å². The van der Waals surface area contributed by atoms with Crippen LogP contribution in [0.1, 0.15) is 12.0 Å². The number of aromatic nitrogens is 1. The van der Waals surface area contributed by atoms with Gasteiger partial charge in [-0.3, -0.25) is 4.79 Å². The molecule has 0 unspecified atom stereocenters. The van der Waals surface area contributed by atoms with E-state index in [0.29, 0.717) is 0 Å². The van der Waals surface area contributed by atoms with E-state index in [9.17, 15) is 4.79 Å². The predicted octanol–water partition coefficient (Wildman–Crippen LogP) is 1.18. The van der Waals surface area contributed by atoms with Crippen molar-refractivity contribution in [1.29, 1.82) is 0 Å². The van der Waals surface area contributed by atoms with Crippen molar-refractivity contribution in [3.63, 3.8) is 0 Å². The molecule has 0 aromatic carbocycles. The Labute approximate surface area is 95.2 Å². The van der Waals surface area contributed by atoms with Crippen LogP contribution in [0, 0.1) is 0 Å². The molecule has 0 saturated heterocycles. The molecule has 0 spiro atoms. The van der Waals surface area contributed by atoms with Gasteiger partial charge in [0.25, 0.3) is 5.56 Å². The molecule has 2 heterocycles. The summed E-state index contributed by atoms with van der Waals surface area (Å²) in [6.07, 6.45) is 4.98. The molecule has 15 heavy (non-hydrogen) atoms. The van der Waals surface area contributed by atoms with Crippen molar-refractivity contribution < 1.29 is 0 Å². The van der Waals surface area contributed by atoms with Gasteiger partial charge in [-0.2, -0.15) is 0 Å². The molecule has 1 N–H and O–H groups in total. The Balaban J connectivity index is 0.00000112. The number of rotatable bonds is 1. The molecule has 0 aliphatic carbocycles. The van der Waals surface area contributed by atoms with Crippen molar-refractivity contribution in [3.05, 3.63) is 40.3 Å². The Hall–Kier alpha value is -1.06. The molecule has 4 heteroatoms. The number of nitrogens with one attached hydrogen (secondary N) is 1. The first-order chi connectivity index (χ1) is 6.77. The van der Waals surface area contributed by atoms with Gasteiger partial charge in [-0.15, -0.1) is 12.4 Å². The van der Waals surface area contributed by atoms with Crippen LogP contribution in [0.3, 0.4) is 0 Å². The number of nitrogens with zero attached hydrogens (tertiary/aromatic N) is 1. The van der Waals surface area contributed by atoms with E-state index < -0.39 is 0 Å². The van der Waals surface area contributed by atoms with Gasteiger partial charge in [-0.25, -0.2) is 0 Å². The summed E-state index contributed by atoms with van der Waals surface area (Å²) in [6.45, 7) is 1.91. The largest absolute Gasteiger partial charge is 0.319 e. The topological polar surface area (TPSA) is 34.0 Å². The Morgan fingerprint density at radius 1 is 1.47 bits per heavy atom. The average Bonchev–Trinajstić information content (AvgIpc) is 2.23. The van der Waals surface area contributed by atoms with Crippen LogP contribution < -0.4 is 10.9 Å². The van der Waals surface area contributed by atoms with Crippen molar-refractivity contribution >= 4 is 18.0 Å². The lowest BCUT2D eigenvalue weighted by molar-refractivity contribution is 0.738. The second kappa shape index (κ2) is 5.14. The summed E-state index contributed by atoms with van der Waals surface area (Å²) in [5.41, 5.74) is 2.40. The minimum Gasteiger partial charge on any atom is -0.319 e. The van der Waals surface area contributed by atoms with Gasteiger partial charge in [-0.05, 0) is 30.2 Å². The molecular formula is C11H15ClN2O. The molecule has 0 saturated carbocycles. The van der Waals surface area contributed by atoms with E-state index in [0.717, 1.165) is 25.1 Å². The monoisotopic (exact) mass is 226 g/mol. The van der Waals surface area contributed by atoms with Gasteiger partial charge in [-0.1, -0.05) is 6.08 Å². The fraction of sp³-hybridized carbons (Fsp3) is 0.364. The van der Waals surface area contributed by atoms with Crippen molar-refractivity contribution in [2.75, 3.05) is 13.1 Å². The van der Waals surface area contributed by atoms with Gasteiger partial charge < -0.3 is 9.88 Å². The van der Waals surface area contributed by atoms with Gasteiger partial charge in [0.15, 0.2) is 0 Å². The lowest BCUT2D eigenvalue weighted by atomic mass is 10.0. The lowest BCUT2D eigenvalue weighted by Crippen LogP contribution is -2.21. The maximum Gasteiger partial charge on any atom is 0.250 e. The normalized spacial score (nSPS) is 15.4. The zero-order valence-corrected chi connectivity index (χ0v) is 9.51. The van der Waals surface area contributed by atoms with E-state index in [1.807, 2.05) is 12.3 Å². The molecule has 0 amide bonds. The molecule has 82 valence electrons. The van der Waals surface area contributed by atoms with Crippen LogP contribution in [0.15, 0.2) is 29.2 Å². The number of aryl methyl sites for hydroxylation is 1. The van der Waals surface area contributed by atoms with E-state index >= 15 is 0 Å². The van der Waals surface area contributed by atoms with Gasteiger partial charge in [0.1, 0.15) is 0 Å². The smallest absolute Gasteiger partial charge is 0.250 e. The van der Waals surface area contributed by atoms with Crippen molar-refractivity contribution in [2.24, 2.45) is 7.05 Å². The van der Waals surface area contributed by atoms with E-state index in [-0.39, 0.29) is 18.0 Å². The highest BCUT2D eigenvalue weighted by atomic mass is 35.5. The summed E-state index contributed by atoms with van der Waals surface area (Å²) in [5.74, 6) is 0. The molecule has 0 bridgehead atoms. The maximum atomic E-state index is 11.4. The Kier molecular flexibility index (Phi) is 4.12. The third-order valence-electron chi connectivity index (χ3n) is 2.54. The summed E-state index contributed by atoms with van der Waals surface area (Å²) in [7, 11) is 1.77. The van der Waals surface area contributed by atoms with Gasteiger partial charge in [0.05, 0.1) is 0 Å². The second-order valence-corrected chi connectivity index (χ2v) is 3.55. The first kappa shape index (κ1) is 12.0. The number of hydrogen-bond acceptors (Lipinski definition) is 2. The molecule has 1 aliphatic rings. The number of halogens is 1. The highest BCUT2D eigenvalue weighted by Crippen LogP contribution is 2.17. The zero-order chi connectivity index (χ0) is 9.97. The van der Waals surface area contributed by atoms with Crippen LogP contribution in [0.25, 0.3) is 5.57 Å². The fourth-order valence-corrected chi connectivity index (χ4v) is 1.63. The first-order valence-electron chi connectivity index (χ1n) is 4.84. The standard InChI is InChI=1S/C11H14N2O.ClH/c1-13-7-4-10(8-11(13)14)9-2-5-12-6-3-9;/h2,4,7-8,12H,3,5-6H2,1H3;1H. The molecular weight excluding hydrogens is 212 g/mol. The fourth-order valence-electron chi connectivity index (χ4n) is 1.63. The summed E-state index contributed by atoms with van der Waals surface area (Å²) in [6, 6.07) is 3.70. The number of pyridine rings is 1. The molecule has 1 aromatic rings. The molecule has 2 rings (SSSR count). The van der Waals surface area contributed by atoms with Crippen LogP contribution in [0.2, 0.25) is 0 Å². The number of hydrogen-bond donors (Lipinski definition) is 1. The summed E-state index contributed by atoms with van der Waals surface area (Å²) in [5, 5.41) is 3.25. The van der Waals surface area contributed by atoms with Crippen LogP contribution in [0.4, 0.5) is 0 Å². The molecule has 1 aliphatic heterocycles. The Bertz CT molecular complexity index is 423. The van der Waals surface area contributed by atoms with Gasteiger partial charge >= 0.3 is 0 Å². The lowest BCUT2D eigenvalue weighted by Gasteiger charge is -2.14. The van der Waals surface area contributed by atoms with Crippen LogP contribution >= 0.6 is 12.4 Å². The zero-order valence-electron chi connectivity index (χ0n) is 8.69. The SMILES string of the molecule is Cl.Cn1ccc(C2=CCNCC2)cc1=O. The molecule has 1 aromatic heterocycles. The average molecular weight is 227 g/mol. The highest BCUT2D eigenvalue weighted by Gasteiger charge is 2.05. The maximum absolute atomic E-state index is 11.4. The second-order valence-electron chi connectivity index (χ2n) is 3.55. The Morgan fingerprint density at radius 3 is 2.87 bits per heavy atom. The summed E-state index contributed by atoms with van der Waals surface area (Å²) in [4.78, 5) is 11.4. The molecule has 3 nitrogen and oxygen atoms in total. The quantitative estimate of drug-likeness (QED) is 0.781. The minimum absolute atomic E-state index is 0. The van der Waals surface area contributed by atoms with Crippen molar-refractivity contribution in [1.82, 2.24) is 9.88 Å². The predicted molar refractivity (Wildman–Crippen MR) is 64.4 cm³/mol. The third-order valence-corrected chi connectivity index (χ3v) is 2.54. The molecule has 0 radical (unpaired) electrons. The van der Waals surface area contributed by atoms with E-state index in [1.165, 1.54) is 5.57 Å². The Morgan fingerprint density at radius 2 is 2.27 bits per heavy atom. The highest BCUT2D eigenvalue weighted by molar-refractivity contribution is 5.85. The van der Waals surface area contributed by atoms with Crippen molar-refractivity contribution in [3.8, 4) is 0 Å². The first-order valence-corrected chi connectivity index (χ1v) is 4.84. The third kappa shape index (κ3) is 2.70. The summed E-state index contributed by atoms with van der Waals surface area (Å²) < 4.78 is 1.59. The van der Waals surface area contributed by atoms with Crippen molar-refractivity contribution in [2.45, 2.75) is 6.42 Å². The van der Waals surface area contributed by atoms with Crippen LogP contribution in [-0.2, 0) is 7.05 Å². The molecule has 0 atom stereocenters. The van der Waals surface area contributed by atoms with E-state index in [4.69, 9.17) is 0 Å². The van der Waals surface area contributed by atoms with Crippen LogP contribution in [0.5, 0.6) is 0 Å². The van der Waals surface area contributed by atoms with E-state index in [1.54, 1.807) is 17.7 Å². The van der Waals surface area contributed by atoms with Crippen LogP contribution in [-0.4, -0.2) is 17.7 Å². The summed E-state index contributed by atoms with van der Waals surface area (Å²) >= 11 is 0. The molecule has 0 fully saturated rings. The minimum atomic E-state index is 0.